The van der Waals surface area contributed by atoms with E-state index < -0.39 is 6.04 Å². The van der Waals surface area contributed by atoms with Gasteiger partial charge < -0.3 is 15.5 Å². The molecular weight excluding hydrogens is 313 g/mol. The third-order valence-corrected chi connectivity index (χ3v) is 3.47. The Morgan fingerprint density at radius 3 is 2.29 bits per heavy atom. The van der Waals surface area contributed by atoms with E-state index in [2.05, 4.69) is 14.9 Å². The van der Waals surface area contributed by atoms with Crippen LogP contribution in [0, 0.1) is 5.92 Å². The van der Waals surface area contributed by atoms with Gasteiger partial charge in [0.25, 0.3) is 0 Å². The highest BCUT2D eigenvalue weighted by Gasteiger charge is 2.27. The van der Waals surface area contributed by atoms with Gasteiger partial charge in [0.2, 0.25) is 5.91 Å². The van der Waals surface area contributed by atoms with E-state index in [0.29, 0.717) is 13.1 Å². The summed E-state index contributed by atoms with van der Waals surface area (Å²) in [7, 11) is 0. The van der Waals surface area contributed by atoms with Crippen molar-refractivity contribution in [1.29, 1.82) is 0 Å². The van der Waals surface area contributed by atoms with Gasteiger partial charge in [-0.2, -0.15) is 0 Å². The molecule has 1 amide bonds. The number of anilines is 1. The van der Waals surface area contributed by atoms with Gasteiger partial charge in [-0.1, -0.05) is 13.8 Å². The third-order valence-electron chi connectivity index (χ3n) is 3.47. The Labute approximate surface area is 137 Å². The Hall–Kier alpha value is -1.11. The molecule has 120 valence electrons. The molecule has 0 aliphatic carbocycles. The molecule has 0 aromatic carbocycles. The van der Waals surface area contributed by atoms with Crippen LogP contribution in [0.15, 0.2) is 18.6 Å². The number of rotatable bonds is 3. The minimum atomic E-state index is -0.400. The normalized spacial score (nSPS) is 16.0. The van der Waals surface area contributed by atoms with Crippen molar-refractivity contribution in [3.63, 3.8) is 0 Å². The Morgan fingerprint density at radius 1 is 1.19 bits per heavy atom. The van der Waals surface area contributed by atoms with Crippen molar-refractivity contribution in [2.45, 2.75) is 19.9 Å². The number of hydrogen-bond donors (Lipinski definition) is 1. The minimum absolute atomic E-state index is 0. The first kappa shape index (κ1) is 19.9. The largest absolute Gasteiger partial charge is 0.352 e. The topological polar surface area (TPSA) is 75.4 Å². The molecule has 1 fully saturated rings. The van der Waals surface area contributed by atoms with E-state index >= 15 is 0 Å². The maximum absolute atomic E-state index is 12.1. The van der Waals surface area contributed by atoms with E-state index in [0.717, 1.165) is 18.9 Å². The lowest BCUT2D eigenvalue weighted by Gasteiger charge is -2.36. The standard InChI is InChI=1S/C13H21N5O.2ClH/c1-10(2)12(14)13(19)18-7-5-17(6-8-18)11-9-15-3-4-16-11;;/h3-4,9-10,12H,5-8,14H2,1-2H3;2*1H. The van der Waals surface area contributed by atoms with Gasteiger partial charge in [-0.05, 0) is 5.92 Å². The predicted molar refractivity (Wildman–Crippen MR) is 88.1 cm³/mol. The molecule has 1 aromatic rings. The van der Waals surface area contributed by atoms with E-state index in [9.17, 15) is 4.79 Å². The molecule has 1 unspecified atom stereocenters. The predicted octanol–water partition coefficient (Wildman–Crippen LogP) is 0.952. The lowest BCUT2D eigenvalue weighted by Crippen LogP contribution is -2.54. The molecule has 1 saturated heterocycles. The number of amides is 1. The summed E-state index contributed by atoms with van der Waals surface area (Å²) in [6, 6.07) is -0.400. The SMILES string of the molecule is CC(C)C(N)C(=O)N1CCN(c2cnccn2)CC1.Cl.Cl. The summed E-state index contributed by atoms with van der Waals surface area (Å²) in [6.45, 7) is 6.87. The summed E-state index contributed by atoms with van der Waals surface area (Å²) in [5.41, 5.74) is 5.91. The summed E-state index contributed by atoms with van der Waals surface area (Å²) in [5.74, 6) is 1.09. The quantitative estimate of drug-likeness (QED) is 0.890. The molecular formula is C13H23Cl2N5O. The molecule has 2 rings (SSSR count). The molecule has 0 bridgehead atoms. The van der Waals surface area contributed by atoms with Gasteiger partial charge >= 0.3 is 0 Å². The average Bonchev–Trinajstić information content (AvgIpc) is 2.46. The first-order valence-electron chi connectivity index (χ1n) is 6.65. The van der Waals surface area contributed by atoms with Gasteiger partial charge in [-0.3, -0.25) is 9.78 Å². The summed E-state index contributed by atoms with van der Waals surface area (Å²) >= 11 is 0. The molecule has 0 spiro atoms. The van der Waals surface area contributed by atoms with Crippen molar-refractivity contribution in [1.82, 2.24) is 14.9 Å². The van der Waals surface area contributed by atoms with Gasteiger partial charge in [-0.25, -0.2) is 4.98 Å². The van der Waals surface area contributed by atoms with Gasteiger partial charge in [0.05, 0.1) is 12.2 Å². The fourth-order valence-corrected chi connectivity index (χ4v) is 2.11. The highest BCUT2D eigenvalue weighted by Crippen LogP contribution is 2.13. The molecule has 1 aliphatic rings. The summed E-state index contributed by atoms with van der Waals surface area (Å²) in [4.78, 5) is 24.5. The molecule has 1 atom stereocenters. The average molecular weight is 336 g/mol. The van der Waals surface area contributed by atoms with E-state index in [1.165, 1.54) is 0 Å². The van der Waals surface area contributed by atoms with Crippen LogP contribution in [-0.4, -0.2) is 53.0 Å². The fraction of sp³-hybridized carbons (Fsp3) is 0.615. The van der Waals surface area contributed by atoms with Crippen molar-refractivity contribution in [3.05, 3.63) is 18.6 Å². The number of aromatic nitrogens is 2. The summed E-state index contributed by atoms with van der Waals surface area (Å²) in [6.07, 6.45) is 5.09. The lowest BCUT2D eigenvalue weighted by molar-refractivity contribution is -0.133. The molecule has 0 radical (unpaired) electrons. The Bertz CT molecular complexity index is 424. The van der Waals surface area contributed by atoms with E-state index in [1.54, 1.807) is 18.6 Å². The van der Waals surface area contributed by atoms with Crippen LogP contribution >= 0.6 is 24.8 Å². The molecule has 21 heavy (non-hydrogen) atoms. The van der Waals surface area contributed by atoms with Gasteiger partial charge in [0, 0.05) is 38.6 Å². The van der Waals surface area contributed by atoms with Crippen molar-refractivity contribution < 1.29 is 4.79 Å². The summed E-state index contributed by atoms with van der Waals surface area (Å²) < 4.78 is 0. The zero-order valence-corrected chi connectivity index (χ0v) is 13.9. The van der Waals surface area contributed by atoms with Gasteiger partial charge in [0.15, 0.2) is 0 Å². The molecule has 2 N–H and O–H groups in total. The lowest BCUT2D eigenvalue weighted by atomic mass is 10.0. The van der Waals surface area contributed by atoms with Crippen LogP contribution in [0.3, 0.4) is 0 Å². The number of hydrogen-bond acceptors (Lipinski definition) is 5. The summed E-state index contributed by atoms with van der Waals surface area (Å²) in [5, 5.41) is 0. The Morgan fingerprint density at radius 2 is 1.81 bits per heavy atom. The Balaban J connectivity index is 0.00000200. The second-order valence-electron chi connectivity index (χ2n) is 5.15. The molecule has 2 heterocycles. The number of piperazine rings is 1. The van der Waals surface area contributed by atoms with Crippen molar-refractivity contribution in [2.75, 3.05) is 31.1 Å². The highest BCUT2D eigenvalue weighted by atomic mass is 35.5. The molecule has 1 aliphatic heterocycles. The molecule has 8 heteroatoms. The van der Waals surface area contributed by atoms with E-state index in [-0.39, 0.29) is 36.6 Å². The van der Waals surface area contributed by atoms with Crippen molar-refractivity contribution in [2.24, 2.45) is 11.7 Å². The first-order valence-corrected chi connectivity index (χ1v) is 6.65. The number of carbonyl (C=O) groups is 1. The molecule has 0 saturated carbocycles. The number of nitrogens with zero attached hydrogens (tertiary/aromatic N) is 4. The Kier molecular flexibility index (Phi) is 8.54. The maximum Gasteiger partial charge on any atom is 0.239 e. The van der Waals surface area contributed by atoms with Crippen molar-refractivity contribution in [3.8, 4) is 0 Å². The second kappa shape index (κ2) is 9.02. The van der Waals surface area contributed by atoms with Crippen LogP contribution < -0.4 is 10.6 Å². The fourth-order valence-electron chi connectivity index (χ4n) is 2.11. The highest BCUT2D eigenvalue weighted by molar-refractivity contribution is 5.85. The van der Waals surface area contributed by atoms with Crippen molar-refractivity contribution >= 4 is 36.5 Å². The zero-order valence-electron chi connectivity index (χ0n) is 12.3. The zero-order chi connectivity index (χ0) is 13.8. The van der Waals surface area contributed by atoms with Crippen LogP contribution in [-0.2, 0) is 4.79 Å². The smallest absolute Gasteiger partial charge is 0.239 e. The van der Waals surface area contributed by atoms with Crippen LogP contribution in [0.25, 0.3) is 0 Å². The van der Waals surface area contributed by atoms with Gasteiger partial charge in [0.1, 0.15) is 5.82 Å². The monoisotopic (exact) mass is 335 g/mol. The number of carbonyl (C=O) groups excluding carboxylic acids is 1. The first-order chi connectivity index (χ1) is 9.09. The minimum Gasteiger partial charge on any atom is -0.352 e. The van der Waals surface area contributed by atoms with E-state index in [1.807, 2.05) is 18.7 Å². The van der Waals surface area contributed by atoms with E-state index in [4.69, 9.17) is 5.73 Å². The van der Waals surface area contributed by atoms with Crippen LogP contribution in [0.5, 0.6) is 0 Å². The van der Waals surface area contributed by atoms with Gasteiger partial charge in [-0.15, -0.1) is 24.8 Å². The second-order valence-corrected chi connectivity index (χ2v) is 5.15. The third kappa shape index (κ3) is 4.98. The number of nitrogens with two attached hydrogens (primary N) is 1. The number of halogens is 2. The molecule has 1 aromatic heterocycles. The van der Waals surface area contributed by atoms with Crippen LogP contribution in [0.1, 0.15) is 13.8 Å². The molecule has 6 nitrogen and oxygen atoms in total. The van der Waals surface area contributed by atoms with Crippen LogP contribution in [0.2, 0.25) is 0 Å². The van der Waals surface area contributed by atoms with Crippen LogP contribution in [0.4, 0.5) is 5.82 Å². The maximum atomic E-state index is 12.1.